The van der Waals surface area contributed by atoms with Crippen molar-refractivity contribution in [1.82, 2.24) is 9.91 Å². The predicted molar refractivity (Wildman–Crippen MR) is 97.6 cm³/mol. The number of hydrazine groups is 1. The summed E-state index contributed by atoms with van der Waals surface area (Å²) in [6.45, 7) is 11.4. The second-order valence-corrected chi connectivity index (χ2v) is 7.72. The summed E-state index contributed by atoms with van der Waals surface area (Å²) in [6.07, 6.45) is 1.19. The van der Waals surface area contributed by atoms with Crippen LogP contribution in [0.25, 0.3) is 0 Å². The number of benzene rings is 1. The van der Waals surface area contributed by atoms with Crippen molar-refractivity contribution in [3.8, 4) is 5.75 Å². The summed E-state index contributed by atoms with van der Waals surface area (Å²) >= 11 is 0. The van der Waals surface area contributed by atoms with Crippen LogP contribution in [-0.2, 0) is 0 Å². The van der Waals surface area contributed by atoms with Crippen LogP contribution in [0.5, 0.6) is 5.75 Å². The Kier molecular flexibility index (Phi) is 4.23. The molecular weight excluding hydrogens is 338 g/mol. The molecule has 3 heterocycles. The fourth-order valence-corrected chi connectivity index (χ4v) is 4.28. The van der Waals surface area contributed by atoms with Crippen LogP contribution < -0.4 is 9.75 Å². The third-order valence-electron chi connectivity index (χ3n) is 5.65. The van der Waals surface area contributed by atoms with Crippen LogP contribution >= 0.6 is 0 Å². The number of hydrogen-bond acceptors (Lipinski definition) is 5. The minimum absolute atomic E-state index is 0.194. The molecule has 0 saturated carbocycles. The van der Waals surface area contributed by atoms with Gasteiger partial charge in [0.05, 0.1) is 24.0 Å². The summed E-state index contributed by atoms with van der Waals surface area (Å²) in [6, 6.07) is 4.63. The van der Waals surface area contributed by atoms with Gasteiger partial charge in [-0.1, -0.05) is 0 Å². The second-order valence-electron chi connectivity index (χ2n) is 7.72. The summed E-state index contributed by atoms with van der Waals surface area (Å²) in [5, 5.41) is 4.52. The lowest BCUT2D eigenvalue weighted by Gasteiger charge is -2.64. The fraction of sp³-hybridized carbons (Fsp3) is 0.526. The van der Waals surface area contributed by atoms with Gasteiger partial charge in [-0.2, -0.15) is 0 Å². The number of hydrogen-bond donors (Lipinski definition) is 0. The van der Waals surface area contributed by atoms with Crippen molar-refractivity contribution in [2.75, 3.05) is 37.8 Å². The summed E-state index contributed by atoms with van der Waals surface area (Å²) < 4.78 is 33.0. The molecule has 0 bridgehead atoms. The van der Waals surface area contributed by atoms with Gasteiger partial charge in [0.15, 0.2) is 0 Å². The molecular formula is C19H24F2N4O. The first-order valence-corrected chi connectivity index (χ1v) is 8.94. The van der Waals surface area contributed by atoms with Crippen molar-refractivity contribution in [1.29, 1.82) is 0 Å². The number of rotatable bonds is 4. The largest absolute Gasteiger partial charge is 0.489 e. The Labute approximate surface area is 152 Å². The first kappa shape index (κ1) is 17.4. The molecule has 1 spiro atoms. The molecule has 5 nitrogen and oxygen atoms in total. The van der Waals surface area contributed by atoms with Gasteiger partial charge in [0, 0.05) is 37.7 Å². The Morgan fingerprint density at radius 1 is 1.38 bits per heavy atom. The minimum Gasteiger partial charge on any atom is -0.489 e. The van der Waals surface area contributed by atoms with Gasteiger partial charge >= 0.3 is 0 Å². The molecule has 1 aromatic rings. The van der Waals surface area contributed by atoms with Crippen LogP contribution in [0.4, 0.5) is 14.5 Å². The Hall–Kier alpha value is -1.99. The first-order chi connectivity index (χ1) is 12.4. The van der Waals surface area contributed by atoms with E-state index < -0.39 is 0 Å². The lowest BCUT2D eigenvalue weighted by Crippen LogP contribution is -2.76. The first-order valence-electron chi connectivity index (χ1n) is 8.94. The monoisotopic (exact) mass is 362 g/mol. The second kappa shape index (κ2) is 6.32. The van der Waals surface area contributed by atoms with E-state index in [1.165, 1.54) is 18.3 Å². The fourth-order valence-electron chi connectivity index (χ4n) is 4.28. The minimum atomic E-state index is -0.286. The Morgan fingerprint density at radius 2 is 2.12 bits per heavy atom. The van der Waals surface area contributed by atoms with Crippen LogP contribution in [0.3, 0.4) is 0 Å². The molecule has 0 N–H and O–H groups in total. The zero-order valence-corrected chi connectivity index (χ0v) is 15.2. The summed E-state index contributed by atoms with van der Waals surface area (Å²) in [5.74, 6) is 0.0619. The summed E-state index contributed by atoms with van der Waals surface area (Å²) in [4.78, 5) is 5.64. The Morgan fingerprint density at radius 3 is 2.81 bits per heavy atom. The van der Waals surface area contributed by atoms with Crippen molar-refractivity contribution in [2.24, 2.45) is 10.4 Å². The average molecular weight is 362 g/mol. The van der Waals surface area contributed by atoms with Gasteiger partial charge < -0.3 is 4.74 Å². The topological polar surface area (TPSA) is 31.3 Å². The molecule has 3 aliphatic heterocycles. The van der Waals surface area contributed by atoms with Gasteiger partial charge in [-0.15, -0.1) is 0 Å². The van der Waals surface area contributed by atoms with Crippen LogP contribution in [0.2, 0.25) is 0 Å². The smallest absolute Gasteiger partial charge is 0.147 e. The molecule has 4 rings (SSSR count). The van der Waals surface area contributed by atoms with Gasteiger partial charge in [-0.3, -0.25) is 14.9 Å². The maximum atomic E-state index is 13.9. The molecule has 140 valence electrons. The molecule has 0 amide bonds. The van der Waals surface area contributed by atoms with Gasteiger partial charge in [0.2, 0.25) is 0 Å². The lowest BCUT2D eigenvalue weighted by atomic mass is 9.73. The van der Waals surface area contributed by atoms with Crippen molar-refractivity contribution in [3.05, 3.63) is 36.0 Å². The van der Waals surface area contributed by atoms with Crippen molar-refractivity contribution < 1.29 is 13.5 Å². The Bertz CT molecular complexity index is 739. The highest BCUT2D eigenvalue weighted by Crippen LogP contribution is 2.45. The maximum absolute atomic E-state index is 13.9. The van der Waals surface area contributed by atoms with Crippen molar-refractivity contribution >= 4 is 12.4 Å². The molecule has 1 aromatic carbocycles. The zero-order valence-electron chi connectivity index (χ0n) is 15.2. The highest BCUT2D eigenvalue weighted by Gasteiger charge is 2.55. The molecule has 2 atom stereocenters. The van der Waals surface area contributed by atoms with E-state index in [2.05, 4.69) is 33.6 Å². The van der Waals surface area contributed by atoms with Crippen LogP contribution in [0.1, 0.15) is 13.8 Å². The molecule has 2 fully saturated rings. The lowest BCUT2D eigenvalue weighted by molar-refractivity contribution is -0.133. The normalized spacial score (nSPS) is 26.5. The van der Waals surface area contributed by atoms with E-state index in [1.54, 1.807) is 6.07 Å². The standard InChI is InChI=1S/C19H24F2N4O/c1-13-8-26-18-6-15(20)4-5-17(18)25(13)24-11-19(12-24)9-23(10-19)14(2)16(21)7-22-3/h4-7,13-14H,3,8-12H2,1-2H3/b16-7+. The molecule has 3 aliphatic rings. The molecule has 2 saturated heterocycles. The molecule has 0 aromatic heterocycles. The van der Waals surface area contributed by atoms with E-state index in [1.807, 2.05) is 6.92 Å². The number of halogens is 2. The number of aliphatic imine (C=N–C) groups is 1. The Balaban J connectivity index is 1.40. The van der Waals surface area contributed by atoms with E-state index in [0.717, 1.165) is 31.9 Å². The van der Waals surface area contributed by atoms with E-state index >= 15 is 0 Å². The highest BCUT2D eigenvalue weighted by molar-refractivity contribution is 5.60. The van der Waals surface area contributed by atoms with Gasteiger partial charge in [0.1, 0.15) is 24.0 Å². The molecule has 7 heteroatoms. The van der Waals surface area contributed by atoms with E-state index in [-0.39, 0.29) is 29.1 Å². The van der Waals surface area contributed by atoms with Gasteiger partial charge in [-0.25, -0.2) is 13.8 Å². The van der Waals surface area contributed by atoms with Crippen LogP contribution in [0, 0.1) is 11.2 Å². The van der Waals surface area contributed by atoms with Crippen LogP contribution in [-0.4, -0.2) is 61.5 Å². The average Bonchev–Trinajstić information content (AvgIpc) is 2.53. The van der Waals surface area contributed by atoms with E-state index in [4.69, 9.17) is 4.74 Å². The summed E-state index contributed by atoms with van der Waals surface area (Å²) in [5.41, 5.74) is 1.13. The third-order valence-corrected chi connectivity index (χ3v) is 5.65. The number of anilines is 1. The van der Waals surface area contributed by atoms with Crippen LogP contribution in [0.15, 0.2) is 35.2 Å². The zero-order chi connectivity index (χ0) is 18.5. The maximum Gasteiger partial charge on any atom is 0.147 e. The van der Waals surface area contributed by atoms with Gasteiger partial charge in [0.25, 0.3) is 0 Å². The number of ether oxygens (including phenoxy) is 1. The summed E-state index contributed by atoms with van der Waals surface area (Å²) in [7, 11) is 0. The van der Waals surface area contributed by atoms with Gasteiger partial charge in [-0.05, 0) is 32.7 Å². The van der Waals surface area contributed by atoms with E-state index in [9.17, 15) is 8.78 Å². The van der Waals surface area contributed by atoms with Crippen molar-refractivity contribution in [3.63, 3.8) is 0 Å². The number of likely N-dealkylation sites (tertiary alicyclic amines) is 1. The molecule has 0 radical (unpaired) electrons. The highest BCUT2D eigenvalue weighted by atomic mass is 19.1. The quantitative estimate of drug-likeness (QED) is 0.771. The molecule has 2 unspecified atom stereocenters. The number of fused-ring (bicyclic) bond motifs is 1. The van der Waals surface area contributed by atoms with E-state index in [0.29, 0.717) is 12.4 Å². The number of nitrogens with zero attached hydrogens (tertiary/aromatic N) is 4. The SMILES string of the molecule is C=N/C=C(/F)C(C)N1CC2(C1)CN(N1c3ccc(F)cc3OCC1C)C2. The van der Waals surface area contributed by atoms with Crippen molar-refractivity contribution in [2.45, 2.75) is 25.9 Å². The molecule has 0 aliphatic carbocycles. The predicted octanol–water partition coefficient (Wildman–Crippen LogP) is 2.85. The third kappa shape index (κ3) is 2.79. The molecule has 26 heavy (non-hydrogen) atoms.